The van der Waals surface area contributed by atoms with Gasteiger partial charge >= 0.3 is 0 Å². The molecule has 0 atom stereocenters. The fourth-order valence-corrected chi connectivity index (χ4v) is 1.71. The predicted molar refractivity (Wildman–Crippen MR) is 77.9 cm³/mol. The SMILES string of the molecule is O=C(NN=Cc1ccc(F)cc1)c1ccc(Cl)c(Cl)c1. The van der Waals surface area contributed by atoms with Crippen molar-refractivity contribution < 1.29 is 9.18 Å². The smallest absolute Gasteiger partial charge is 0.267 e. The first-order chi connectivity index (χ1) is 9.56. The zero-order valence-electron chi connectivity index (χ0n) is 10.1. The molecule has 0 radical (unpaired) electrons. The van der Waals surface area contributed by atoms with Gasteiger partial charge in [-0.1, -0.05) is 35.3 Å². The third kappa shape index (κ3) is 3.79. The summed E-state index contributed by atoms with van der Waals surface area (Å²) in [6.07, 6.45) is 1.41. The Labute approximate surface area is 125 Å². The van der Waals surface area contributed by atoms with Crippen molar-refractivity contribution in [2.24, 2.45) is 5.10 Å². The number of hydrazone groups is 1. The van der Waals surface area contributed by atoms with Crippen LogP contribution in [-0.2, 0) is 0 Å². The highest BCUT2D eigenvalue weighted by atomic mass is 35.5. The van der Waals surface area contributed by atoms with Crippen molar-refractivity contribution in [3.63, 3.8) is 0 Å². The molecule has 2 aromatic rings. The van der Waals surface area contributed by atoms with Crippen molar-refractivity contribution in [3.8, 4) is 0 Å². The van der Waals surface area contributed by atoms with Gasteiger partial charge in [-0.25, -0.2) is 9.82 Å². The lowest BCUT2D eigenvalue weighted by Crippen LogP contribution is -2.17. The van der Waals surface area contributed by atoms with Crippen molar-refractivity contribution in [3.05, 3.63) is 69.5 Å². The van der Waals surface area contributed by atoms with Crippen LogP contribution in [0.2, 0.25) is 10.0 Å². The van der Waals surface area contributed by atoms with E-state index in [0.717, 1.165) is 0 Å². The lowest BCUT2D eigenvalue weighted by molar-refractivity contribution is 0.0955. The number of benzene rings is 2. The van der Waals surface area contributed by atoms with Gasteiger partial charge in [0, 0.05) is 5.56 Å². The molecule has 0 bridgehead atoms. The number of carbonyl (C=O) groups excluding carboxylic acids is 1. The molecule has 0 aliphatic rings. The molecule has 0 aliphatic heterocycles. The zero-order chi connectivity index (χ0) is 14.5. The molecule has 0 heterocycles. The van der Waals surface area contributed by atoms with Crippen LogP contribution < -0.4 is 5.43 Å². The molecule has 0 unspecified atom stereocenters. The van der Waals surface area contributed by atoms with Gasteiger partial charge in [-0.2, -0.15) is 5.10 Å². The molecule has 0 aromatic heterocycles. The summed E-state index contributed by atoms with van der Waals surface area (Å²) in [5, 5.41) is 4.44. The number of amides is 1. The molecule has 102 valence electrons. The number of hydrogen-bond donors (Lipinski definition) is 1. The van der Waals surface area contributed by atoms with Crippen LogP contribution in [0.1, 0.15) is 15.9 Å². The van der Waals surface area contributed by atoms with Crippen LogP contribution in [0.4, 0.5) is 4.39 Å². The summed E-state index contributed by atoms with van der Waals surface area (Å²) in [6, 6.07) is 10.2. The topological polar surface area (TPSA) is 41.5 Å². The molecular weight excluding hydrogens is 302 g/mol. The zero-order valence-corrected chi connectivity index (χ0v) is 11.6. The average molecular weight is 311 g/mol. The molecule has 3 nitrogen and oxygen atoms in total. The van der Waals surface area contributed by atoms with E-state index in [1.54, 1.807) is 12.1 Å². The largest absolute Gasteiger partial charge is 0.271 e. The molecule has 0 saturated carbocycles. The molecule has 1 N–H and O–H groups in total. The molecule has 0 aliphatic carbocycles. The summed E-state index contributed by atoms with van der Waals surface area (Å²) in [4.78, 5) is 11.8. The molecule has 0 fully saturated rings. The summed E-state index contributed by atoms with van der Waals surface area (Å²) in [6.45, 7) is 0. The third-order valence-corrected chi connectivity index (χ3v) is 3.17. The second kappa shape index (κ2) is 6.50. The maximum Gasteiger partial charge on any atom is 0.271 e. The highest BCUT2D eigenvalue weighted by Gasteiger charge is 2.06. The molecular formula is C14H9Cl2FN2O. The van der Waals surface area contributed by atoms with E-state index < -0.39 is 5.91 Å². The Balaban J connectivity index is 2.01. The first-order valence-corrected chi connectivity index (χ1v) is 6.36. The number of rotatable bonds is 3. The Bertz CT molecular complexity index is 657. The minimum absolute atomic E-state index is 0.293. The van der Waals surface area contributed by atoms with Crippen LogP contribution in [0.25, 0.3) is 0 Å². The fourth-order valence-electron chi connectivity index (χ4n) is 1.42. The van der Waals surface area contributed by atoms with Gasteiger partial charge < -0.3 is 0 Å². The second-order valence-electron chi connectivity index (χ2n) is 3.88. The van der Waals surface area contributed by atoms with Gasteiger partial charge in [0.15, 0.2) is 0 Å². The van der Waals surface area contributed by atoms with Crippen molar-refractivity contribution in [1.29, 1.82) is 0 Å². The van der Waals surface area contributed by atoms with Crippen molar-refractivity contribution >= 4 is 35.3 Å². The summed E-state index contributed by atoms with van der Waals surface area (Å²) in [5.41, 5.74) is 3.35. The molecule has 0 spiro atoms. The van der Waals surface area contributed by atoms with Crippen LogP contribution in [0, 0.1) is 5.82 Å². The highest BCUT2D eigenvalue weighted by molar-refractivity contribution is 6.42. The number of nitrogens with zero attached hydrogens (tertiary/aromatic N) is 1. The molecule has 1 amide bonds. The van der Waals surface area contributed by atoms with E-state index in [4.69, 9.17) is 23.2 Å². The van der Waals surface area contributed by atoms with E-state index in [0.29, 0.717) is 21.2 Å². The van der Waals surface area contributed by atoms with E-state index in [1.807, 2.05) is 0 Å². The van der Waals surface area contributed by atoms with Crippen LogP contribution in [0.3, 0.4) is 0 Å². The first-order valence-electron chi connectivity index (χ1n) is 5.60. The third-order valence-electron chi connectivity index (χ3n) is 2.43. The monoisotopic (exact) mass is 310 g/mol. The maximum atomic E-state index is 12.7. The standard InChI is InChI=1S/C14H9Cl2FN2O/c15-12-6-3-10(7-13(12)16)14(20)19-18-8-9-1-4-11(17)5-2-9/h1-8H,(H,19,20). The number of carbonyl (C=O) groups is 1. The van der Waals surface area contributed by atoms with Gasteiger partial charge in [0.2, 0.25) is 0 Å². The predicted octanol–water partition coefficient (Wildman–Crippen LogP) is 3.90. The second-order valence-corrected chi connectivity index (χ2v) is 4.69. The van der Waals surface area contributed by atoms with Gasteiger partial charge in [-0.05, 0) is 35.9 Å². The van der Waals surface area contributed by atoms with Gasteiger partial charge in [0.1, 0.15) is 5.82 Å². The Morgan fingerprint density at radius 2 is 1.80 bits per heavy atom. The summed E-state index contributed by atoms with van der Waals surface area (Å²) in [5.74, 6) is -0.746. The molecule has 20 heavy (non-hydrogen) atoms. The van der Waals surface area contributed by atoms with Gasteiger partial charge in [0.05, 0.1) is 16.3 Å². The Hall–Kier alpha value is -1.91. The summed E-state index contributed by atoms with van der Waals surface area (Å²) in [7, 11) is 0. The summed E-state index contributed by atoms with van der Waals surface area (Å²) >= 11 is 11.6. The van der Waals surface area contributed by atoms with Crippen LogP contribution in [0.15, 0.2) is 47.6 Å². The van der Waals surface area contributed by atoms with Gasteiger partial charge in [-0.3, -0.25) is 4.79 Å². The van der Waals surface area contributed by atoms with E-state index >= 15 is 0 Å². The van der Waals surface area contributed by atoms with E-state index in [-0.39, 0.29) is 5.82 Å². The lowest BCUT2D eigenvalue weighted by atomic mass is 10.2. The van der Waals surface area contributed by atoms with Crippen LogP contribution in [-0.4, -0.2) is 12.1 Å². The normalized spacial score (nSPS) is 10.8. The van der Waals surface area contributed by atoms with E-state index in [2.05, 4.69) is 10.5 Å². The van der Waals surface area contributed by atoms with Crippen molar-refractivity contribution in [2.75, 3.05) is 0 Å². The molecule has 2 rings (SSSR count). The molecule has 6 heteroatoms. The fraction of sp³-hybridized carbons (Fsp3) is 0. The van der Waals surface area contributed by atoms with Crippen molar-refractivity contribution in [2.45, 2.75) is 0 Å². The minimum atomic E-state index is -0.415. The van der Waals surface area contributed by atoms with E-state index in [9.17, 15) is 9.18 Å². The van der Waals surface area contributed by atoms with Crippen LogP contribution >= 0.6 is 23.2 Å². The Kier molecular flexibility index (Phi) is 4.71. The average Bonchev–Trinajstić information content (AvgIpc) is 2.44. The first kappa shape index (κ1) is 14.5. The Morgan fingerprint density at radius 3 is 2.45 bits per heavy atom. The Morgan fingerprint density at radius 1 is 1.10 bits per heavy atom. The van der Waals surface area contributed by atoms with Gasteiger partial charge in [0.25, 0.3) is 5.91 Å². The summed E-state index contributed by atoms with van der Waals surface area (Å²) < 4.78 is 12.7. The molecule has 2 aromatic carbocycles. The molecule has 0 saturated heterocycles. The number of halogens is 3. The van der Waals surface area contributed by atoms with Gasteiger partial charge in [-0.15, -0.1) is 0 Å². The quantitative estimate of drug-likeness (QED) is 0.678. The van der Waals surface area contributed by atoms with Crippen LogP contribution in [0.5, 0.6) is 0 Å². The lowest BCUT2D eigenvalue weighted by Gasteiger charge is -2.01. The minimum Gasteiger partial charge on any atom is -0.267 e. The number of nitrogens with one attached hydrogen (secondary N) is 1. The number of hydrogen-bond acceptors (Lipinski definition) is 2. The van der Waals surface area contributed by atoms with E-state index in [1.165, 1.54) is 36.5 Å². The van der Waals surface area contributed by atoms with Crippen molar-refractivity contribution in [1.82, 2.24) is 5.43 Å². The maximum absolute atomic E-state index is 12.7. The highest BCUT2D eigenvalue weighted by Crippen LogP contribution is 2.22.